The average molecular weight is 236 g/mol. The van der Waals surface area contributed by atoms with Gasteiger partial charge in [-0.1, -0.05) is 6.07 Å². The van der Waals surface area contributed by atoms with Crippen molar-refractivity contribution in [3.63, 3.8) is 0 Å². The van der Waals surface area contributed by atoms with Crippen molar-refractivity contribution in [1.29, 1.82) is 0 Å². The highest BCUT2D eigenvalue weighted by molar-refractivity contribution is 5.43. The van der Waals surface area contributed by atoms with Crippen LogP contribution in [0.3, 0.4) is 0 Å². The fourth-order valence-corrected chi connectivity index (χ4v) is 2.10. The number of nitrogen functional groups attached to an aromatic ring is 1. The summed E-state index contributed by atoms with van der Waals surface area (Å²) in [5.41, 5.74) is 6.39. The second-order valence-corrected chi connectivity index (χ2v) is 4.52. The van der Waals surface area contributed by atoms with Crippen LogP contribution < -0.4 is 10.5 Å². The van der Waals surface area contributed by atoms with Crippen LogP contribution in [0.1, 0.15) is 12.8 Å². The zero-order valence-corrected chi connectivity index (χ0v) is 10.0. The lowest BCUT2D eigenvalue weighted by molar-refractivity contribution is 0.173. The van der Waals surface area contributed by atoms with E-state index in [9.17, 15) is 5.11 Å². The van der Waals surface area contributed by atoms with Gasteiger partial charge in [-0.15, -0.1) is 0 Å². The largest absolute Gasteiger partial charge is 0.493 e. The average Bonchev–Trinajstić information content (AvgIpc) is 2.71. The third-order valence-electron chi connectivity index (χ3n) is 2.99. The summed E-state index contributed by atoms with van der Waals surface area (Å²) in [6.45, 7) is 3.48. The second-order valence-electron chi connectivity index (χ2n) is 4.52. The highest BCUT2D eigenvalue weighted by Gasteiger charge is 2.18. The number of hydrogen-bond acceptors (Lipinski definition) is 4. The van der Waals surface area contributed by atoms with E-state index in [1.807, 2.05) is 24.3 Å². The number of ether oxygens (including phenoxy) is 1. The molecule has 0 radical (unpaired) electrons. The van der Waals surface area contributed by atoms with Crippen molar-refractivity contribution in [3.05, 3.63) is 24.3 Å². The number of β-amino-alcohol motifs (C(OH)–C–C–N with tert-alkyl or cyclic N) is 1. The molecule has 17 heavy (non-hydrogen) atoms. The van der Waals surface area contributed by atoms with Crippen molar-refractivity contribution < 1.29 is 9.84 Å². The molecule has 1 aromatic carbocycles. The zero-order chi connectivity index (χ0) is 12.1. The van der Waals surface area contributed by atoms with Crippen LogP contribution in [0.2, 0.25) is 0 Å². The van der Waals surface area contributed by atoms with Gasteiger partial charge in [-0.3, -0.25) is 0 Å². The maximum Gasteiger partial charge on any atom is 0.121 e. The molecule has 0 saturated carbocycles. The standard InChI is InChI=1S/C13H20N2O2/c14-11-3-1-4-13(9-11)17-8-2-6-15-7-5-12(16)10-15/h1,3-4,9,12,16H,2,5-8,10,14H2. The second kappa shape index (κ2) is 5.89. The molecule has 0 aromatic heterocycles. The van der Waals surface area contributed by atoms with Crippen molar-refractivity contribution in [1.82, 2.24) is 4.90 Å². The molecule has 0 aliphatic carbocycles. The number of anilines is 1. The van der Waals surface area contributed by atoms with Crippen molar-refractivity contribution in [2.75, 3.05) is 32.0 Å². The minimum atomic E-state index is -0.134. The van der Waals surface area contributed by atoms with Gasteiger partial charge in [-0.25, -0.2) is 0 Å². The lowest BCUT2D eigenvalue weighted by Crippen LogP contribution is -2.24. The molecule has 1 aliphatic rings. The van der Waals surface area contributed by atoms with E-state index in [2.05, 4.69) is 4.90 Å². The summed E-state index contributed by atoms with van der Waals surface area (Å²) < 4.78 is 5.60. The summed E-state index contributed by atoms with van der Waals surface area (Å²) in [5.74, 6) is 0.825. The summed E-state index contributed by atoms with van der Waals surface area (Å²) in [4.78, 5) is 2.27. The quantitative estimate of drug-likeness (QED) is 0.594. The first-order valence-electron chi connectivity index (χ1n) is 6.13. The molecule has 4 nitrogen and oxygen atoms in total. The number of nitrogens with zero attached hydrogens (tertiary/aromatic N) is 1. The number of aliphatic hydroxyl groups excluding tert-OH is 1. The molecule has 4 heteroatoms. The van der Waals surface area contributed by atoms with E-state index in [4.69, 9.17) is 10.5 Å². The molecule has 3 N–H and O–H groups in total. The monoisotopic (exact) mass is 236 g/mol. The summed E-state index contributed by atoms with van der Waals surface area (Å²) in [6, 6.07) is 7.48. The summed E-state index contributed by atoms with van der Waals surface area (Å²) in [5, 5.41) is 9.38. The molecule has 1 unspecified atom stereocenters. The van der Waals surface area contributed by atoms with Crippen LogP contribution in [0, 0.1) is 0 Å². The van der Waals surface area contributed by atoms with Gasteiger partial charge in [-0.05, 0) is 25.0 Å². The third-order valence-corrected chi connectivity index (χ3v) is 2.99. The van der Waals surface area contributed by atoms with Crippen LogP contribution in [-0.4, -0.2) is 42.4 Å². The fraction of sp³-hybridized carbons (Fsp3) is 0.538. The van der Waals surface area contributed by atoms with E-state index in [0.29, 0.717) is 6.61 Å². The Morgan fingerprint density at radius 1 is 1.47 bits per heavy atom. The van der Waals surface area contributed by atoms with Crippen LogP contribution in [0.15, 0.2) is 24.3 Å². The third kappa shape index (κ3) is 3.91. The molecule has 0 spiro atoms. The topological polar surface area (TPSA) is 58.7 Å². The number of likely N-dealkylation sites (tertiary alicyclic amines) is 1. The van der Waals surface area contributed by atoms with Crippen LogP contribution in [0.4, 0.5) is 5.69 Å². The number of hydrogen-bond donors (Lipinski definition) is 2. The van der Waals surface area contributed by atoms with Crippen molar-refractivity contribution >= 4 is 5.69 Å². The molecule has 1 atom stereocenters. The molecule has 0 amide bonds. The predicted molar refractivity (Wildman–Crippen MR) is 68.0 cm³/mol. The Labute approximate surface area is 102 Å². The number of nitrogens with two attached hydrogens (primary N) is 1. The smallest absolute Gasteiger partial charge is 0.121 e. The molecule has 1 aromatic rings. The van der Waals surface area contributed by atoms with Gasteiger partial charge in [0.05, 0.1) is 12.7 Å². The number of benzene rings is 1. The molecule has 1 aliphatic heterocycles. The molecule has 0 bridgehead atoms. The lowest BCUT2D eigenvalue weighted by Gasteiger charge is -2.14. The first kappa shape index (κ1) is 12.2. The van der Waals surface area contributed by atoms with E-state index in [1.165, 1.54) is 0 Å². The molecule has 94 valence electrons. The van der Waals surface area contributed by atoms with Crippen LogP contribution in [0.25, 0.3) is 0 Å². The van der Waals surface area contributed by atoms with Crippen molar-refractivity contribution in [2.45, 2.75) is 18.9 Å². The normalized spacial score (nSPS) is 20.6. The minimum Gasteiger partial charge on any atom is -0.493 e. The van der Waals surface area contributed by atoms with Crippen LogP contribution in [-0.2, 0) is 0 Å². The molecule has 2 rings (SSSR count). The highest BCUT2D eigenvalue weighted by atomic mass is 16.5. The van der Waals surface area contributed by atoms with E-state index in [1.54, 1.807) is 0 Å². The first-order valence-corrected chi connectivity index (χ1v) is 6.13. The van der Waals surface area contributed by atoms with Gasteiger partial charge in [0.1, 0.15) is 5.75 Å². The number of rotatable bonds is 5. The SMILES string of the molecule is Nc1cccc(OCCCN2CCC(O)C2)c1. The minimum absolute atomic E-state index is 0.134. The van der Waals surface area contributed by atoms with Gasteiger partial charge < -0.3 is 20.5 Å². The first-order chi connectivity index (χ1) is 8.24. The Morgan fingerprint density at radius 3 is 3.06 bits per heavy atom. The summed E-state index contributed by atoms with van der Waals surface area (Å²) in [6.07, 6.45) is 1.74. The maximum atomic E-state index is 9.38. The van der Waals surface area contributed by atoms with Gasteiger partial charge in [0, 0.05) is 31.4 Å². The molecule has 1 heterocycles. The van der Waals surface area contributed by atoms with Gasteiger partial charge in [0.2, 0.25) is 0 Å². The molecular weight excluding hydrogens is 216 g/mol. The Bertz CT molecular complexity index is 357. The number of aliphatic hydroxyl groups is 1. The van der Waals surface area contributed by atoms with Crippen molar-refractivity contribution in [2.24, 2.45) is 0 Å². The Hall–Kier alpha value is -1.26. The van der Waals surface area contributed by atoms with Gasteiger partial charge >= 0.3 is 0 Å². The van der Waals surface area contributed by atoms with E-state index < -0.39 is 0 Å². The highest BCUT2D eigenvalue weighted by Crippen LogP contribution is 2.15. The fourth-order valence-electron chi connectivity index (χ4n) is 2.10. The Kier molecular flexibility index (Phi) is 4.23. The van der Waals surface area contributed by atoms with Gasteiger partial charge in [0.15, 0.2) is 0 Å². The van der Waals surface area contributed by atoms with E-state index >= 15 is 0 Å². The maximum absolute atomic E-state index is 9.38. The van der Waals surface area contributed by atoms with Gasteiger partial charge in [-0.2, -0.15) is 0 Å². The lowest BCUT2D eigenvalue weighted by atomic mass is 10.3. The van der Waals surface area contributed by atoms with Crippen LogP contribution >= 0.6 is 0 Å². The van der Waals surface area contributed by atoms with Crippen LogP contribution in [0.5, 0.6) is 5.75 Å². The summed E-state index contributed by atoms with van der Waals surface area (Å²) >= 11 is 0. The predicted octanol–water partition coefficient (Wildman–Crippen LogP) is 1.10. The Morgan fingerprint density at radius 2 is 2.35 bits per heavy atom. The van der Waals surface area contributed by atoms with E-state index in [-0.39, 0.29) is 6.10 Å². The summed E-state index contributed by atoms with van der Waals surface area (Å²) in [7, 11) is 0. The zero-order valence-electron chi connectivity index (χ0n) is 10.0. The molecule has 1 fully saturated rings. The van der Waals surface area contributed by atoms with Gasteiger partial charge in [0.25, 0.3) is 0 Å². The van der Waals surface area contributed by atoms with Crippen molar-refractivity contribution in [3.8, 4) is 5.75 Å². The van der Waals surface area contributed by atoms with E-state index in [0.717, 1.165) is 43.9 Å². The molecule has 1 saturated heterocycles. The molecular formula is C13H20N2O2. The Balaban J connectivity index is 1.63.